The molecule has 174 valence electrons. The topological polar surface area (TPSA) is 83.7 Å². The van der Waals surface area contributed by atoms with E-state index in [4.69, 9.17) is 19.9 Å². The number of aromatic nitrogens is 1. The highest BCUT2D eigenvalue weighted by atomic mass is 19.1. The van der Waals surface area contributed by atoms with Crippen molar-refractivity contribution in [3.8, 4) is 34.1 Å². The smallest absolute Gasteiger partial charge is 0.249 e. The van der Waals surface area contributed by atoms with Gasteiger partial charge < -0.3 is 19.9 Å². The lowest BCUT2D eigenvalue weighted by atomic mass is 9.95. The fraction of sp³-hybridized carbons (Fsp3) is 0.0714. The van der Waals surface area contributed by atoms with Crippen molar-refractivity contribution in [2.24, 2.45) is 5.73 Å². The van der Waals surface area contributed by atoms with Crippen molar-refractivity contribution in [1.29, 1.82) is 0 Å². The number of amides is 1. The Labute approximate surface area is 200 Å². The van der Waals surface area contributed by atoms with E-state index in [9.17, 15) is 9.18 Å². The van der Waals surface area contributed by atoms with E-state index < -0.39 is 5.91 Å². The summed E-state index contributed by atoms with van der Waals surface area (Å²) in [4.78, 5) is 16.6. The molecule has 5 rings (SSSR count). The summed E-state index contributed by atoms with van der Waals surface area (Å²) in [6.07, 6.45) is 1.65. The van der Waals surface area contributed by atoms with Gasteiger partial charge in [-0.1, -0.05) is 18.2 Å². The lowest BCUT2D eigenvalue weighted by Crippen LogP contribution is -2.12. The number of nitrogens with two attached hydrogens (primary N) is 1. The van der Waals surface area contributed by atoms with Gasteiger partial charge in [-0.3, -0.25) is 9.78 Å². The third kappa shape index (κ3) is 4.19. The van der Waals surface area contributed by atoms with Crippen LogP contribution in [0.25, 0.3) is 32.8 Å². The summed E-state index contributed by atoms with van der Waals surface area (Å²) in [5, 5.41) is 2.37. The molecule has 0 aliphatic rings. The van der Waals surface area contributed by atoms with Crippen LogP contribution in [-0.4, -0.2) is 25.1 Å². The van der Waals surface area contributed by atoms with Crippen LogP contribution in [0.1, 0.15) is 10.4 Å². The number of benzene rings is 4. The summed E-state index contributed by atoms with van der Waals surface area (Å²) in [6.45, 7) is 0. The van der Waals surface area contributed by atoms with E-state index >= 15 is 0 Å². The highest BCUT2D eigenvalue weighted by Crippen LogP contribution is 2.38. The van der Waals surface area contributed by atoms with Gasteiger partial charge in [0.2, 0.25) is 5.91 Å². The van der Waals surface area contributed by atoms with E-state index in [1.165, 1.54) is 12.1 Å². The lowest BCUT2D eigenvalue weighted by molar-refractivity contribution is 0.100. The number of pyridine rings is 1. The van der Waals surface area contributed by atoms with Crippen molar-refractivity contribution in [2.45, 2.75) is 0 Å². The number of hydrogen-bond acceptors (Lipinski definition) is 5. The Balaban J connectivity index is 1.58. The number of carbonyl (C=O) groups excluding carboxylic acids is 1. The Morgan fingerprint density at radius 3 is 2.40 bits per heavy atom. The highest BCUT2D eigenvalue weighted by Gasteiger charge is 2.15. The van der Waals surface area contributed by atoms with Crippen molar-refractivity contribution in [3.63, 3.8) is 0 Å². The molecular weight excluding hydrogens is 447 g/mol. The molecule has 35 heavy (non-hydrogen) atoms. The lowest BCUT2D eigenvalue weighted by Gasteiger charge is -2.13. The molecule has 0 saturated heterocycles. The molecule has 1 heterocycles. The van der Waals surface area contributed by atoms with Crippen molar-refractivity contribution < 1.29 is 23.4 Å². The zero-order valence-electron chi connectivity index (χ0n) is 19.0. The van der Waals surface area contributed by atoms with Crippen LogP contribution < -0.4 is 19.9 Å². The third-order valence-corrected chi connectivity index (χ3v) is 5.78. The molecule has 5 aromatic rings. The number of nitrogens with zero attached hydrogens (tertiary/aromatic N) is 1. The standard InChI is InChI=1S/C28H21FN2O4/c1-33-26-14-23-24(15-27(26)34-2)31-9-8-25(23)35-20-7-6-16-12-21(17-4-3-5-19(29)10-17)22(28(30)32)13-18(16)11-20/h3-15H,1-2H3,(H2,30,32). The maximum Gasteiger partial charge on any atom is 0.249 e. The van der Waals surface area contributed by atoms with Crippen LogP contribution in [0, 0.1) is 5.82 Å². The molecule has 2 N–H and O–H groups in total. The number of carbonyl (C=O) groups is 1. The molecule has 1 aromatic heterocycles. The van der Waals surface area contributed by atoms with Crippen molar-refractivity contribution >= 4 is 27.6 Å². The average molecular weight is 468 g/mol. The molecule has 0 saturated carbocycles. The van der Waals surface area contributed by atoms with Crippen LogP contribution in [0.2, 0.25) is 0 Å². The Kier molecular flexibility index (Phi) is 5.66. The van der Waals surface area contributed by atoms with Gasteiger partial charge >= 0.3 is 0 Å². The minimum atomic E-state index is -0.598. The summed E-state index contributed by atoms with van der Waals surface area (Å²) in [5.74, 6) is 1.30. The van der Waals surface area contributed by atoms with Crippen LogP contribution in [0.15, 0.2) is 79.0 Å². The predicted molar refractivity (Wildman–Crippen MR) is 133 cm³/mol. The normalized spacial score (nSPS) is 10.9. The van der Waals surface area contributed by atoms with Gasteiger partial charge in [-0.05, 0) is 70.4 Å². The van der Waals surface area contributed by atoms with Crippen molar-refractivity contribution in [2.75, 3.05) is 14.2 Å². The van der Waals surface area contributed by atoms with Gasteiger partial charge in [0.25, 0.3) is 0 Å². The number of halogens is 1. The van der Waals surface area contributed by atoms with Gasteiger partial charge in [0.05, 0.1) is 19.7 Å². The number of methoxy groups -OCH3 is 2. The second kappa shape index (κ2) is 8.95. The molecule has 4 aromatic carbocycles. The van der Waals surface area contributed by atoms with E-state index in [1.807, 2.05) is 30.3 Å². The van der Waals surface area contributed by atoms with E-state index in [-0.39, 0.29) is 5.82 Å². The largest absolute Gasteiger partial charge is 0.493 e. The minimum Gasteiger partial charge on any atom is -0.493 e. The fourth-order valence-electron chi connectivity index (χ4n) is 4.10. The molecule has 7 heteroatoms. The van der Waals surface area contributed by atoms with Crippen molar-refractivity contribution in [3.05, 3.63) is 90.4 Å². The first-order chi connectivity index (χ1) is 17.0. The van der Waals surface area contributed by atoms with Gasteiger partial charge in [0.1, 0.15) is 17.3 Å². The first-order valence-electron chi connectivity index (χ1n) is 10.8. The molecule has 0 aliphatic heterocycles. The fourth-order valence-corrected chi connectivity index (χ4v) is 4.10. The van der Waals surface area contributed by atoms with E-state index in [0.717, 1.165) is 16.2 Å². The monoisotopic (exact) mass is 468 g/mol. The highest BCUT2D eigenvalue weighted by molar-refractivity contribution is 6.05. The SMILES string of the molecule is COc1cc2nccc(Oc3ccc4cc(-c5cccc(F)c5)c(C(N)=O)cc4c3)c2cc1OC. The molecule has 6 nitrogen and oxygen atoms in total. The van der Waals surface area contributed by atoms with E-state index in [2.05, 4.69) is 4.98 Å². The first-order valence-corrected chi connectivity index (χ1v) is 10.8. The quantitative estimate of drug-likeness (QED) is 0.325. The van der Waals surface area contributed by atoms with Gasteiger partial charge in [-0.2, -0.15) is 0 Å². The Morgan fingerprint density at radius 2 is 1.66 bits per heavy atom. The van der Waals surface area contributed by atoms with Gasteiger partial charge in [0, 0.05) is 23.2 Å². The van der Waals surface area contributed by atoms with E-state index in [0.29, 0.717) is 45.2 Å². The first kappa shape index (κ1) is 22.2. The maximum atomic E-state index is 13.8. The predicted octanol–water partition coefficient (Wildman–Crippen LogP) is 6.10. The number of ether oxygens (including phenoxy) is 3. The van der Waals surface area contributed by atoms with Crippen LogP contribution in [-0.2, 0) is 0 Å². The average Bonchev–Trinajstić information content (AvgIpc) is 2.87. The Hall–Kier alpha value is -4.65. The summed E-state index contributed by atoms with van der Waals surface area (Å²) in [6, 6.07) is 20.5. The molecule has 0 atom stereocenters. The summed E-state index contributed by atoms with van der Waals surface area (Å²) in [5.41, 5.74) is 7.80. The minimum absolute atomic E-state index is 0.298. The van der Waals surface area contributed by atoms with E-state index in [1.54, 1.807) is 50.7 Å². The Morgan fingerprint density at radius 1 is 0.857 bits per heavy atom. The number of primary amides is 1. The van der Waals surface area contributed by atoms with Crippen molar-refractivity contribution in [1.82, 2.24) is 4.98 Å². The molecular formula is C28H21FN2O4. The van der Waals surface area contributed by atoms with Crippen LogP contribution >= 0.6 is 0 Å². The number of fused-ring (bicyclic) bond motifs is 2. The number of hydrogen-bond donors (Lipinski definition) is 1. The second-order valence-electron chi connectivity index (χ2n) is 7.92. The second-order valence-corrected chi connectivity index (χ2v) is 7.92. The zero-order valence-corrected chi connectivity index (χ0v) is 19.0. The zero-order chi connectivity index (χ0) is 24.5. The molecule has 0 aliphatic carbocycles. The third-order valence-electron chi connectivity index (χ3n) is 5.78. The molecule has 0 fully saturated rings. The Bertz CT molecular complexity index is 1600. The summed E-state index contributed by atoms with van der Waals surface area (Å²) < 4.78 is 30.8. The summed E-state index contributed by atoms with van der Waals surface area (Å²) in [7, 11) is 3.14. The van der Waals surface area contributed by atoms with Crippen LogP contribution in [0.5, 0.6) is 23.0 Å². The van der Waals surface area contributed by atoms with Gasteiger partial charge in [0.15, 0.2) is 11.5 Å². The molecule has 0 radical (unpaired) electrons. The maximum absolute atomic E-state index is 13.8. The van der Waals surface area contributed by atoms with Gasteiger partial charge in [-0.15, -0.1) is 0 Å². The van der Waals surface area contributed by atoms with Crippen LogP contribution in [0.4, 0.5) is 4.39 Å². The molecule has 0 spiro atoms. The van der Waals surface area contributed by atoms with Crippen LogP contribution in [0.3, 0.4) is 0 Å². The summed E-state index contributed by atoms with van der Waals surface area (Å²) >= 11 is 0. The molecule has 0 bridgehead atoms. The van der Waals surface area contributed by atoms with Gasteiger partial charge in [-0.25, -0.2) is 4.39 Å². The molecule has 0 unspecified atom stereocenters. The molecule has 1 amide bonds. The number of rotatable bonds is 6.